The number of carbonyl (C=O) groups is 2. The minimum absolute atomic E-state index is 0.0187. The minimum atomic E-state index is -0.579. The quantitative estimate of drug-likeness (QED) is 0.556. The lowest BCUT2D eigenvalue weighted by Gasteiger charge is -2.09. The molecule has 10 heteroatoms. The summed E-state index contributed by atoms with van der Waals surface area (Å²) in [5.74, 6) is -1.10. The number of hydrogen-bond donors (Lipinski definition) is 2. The average Bonchev–Trinajstić information content (AvgIpc) is 2.62. The fourth-order valence-corrected chi connectivity index (χ4v) is 2.79. The van der Waals surface area contributed by atoms with E-state index in [0.29, 0.717) is 5.56 Å². The number of carbonyl (C=O) groups excluding carboxylic acids is 2. The third-order valence-electron chi connectivity index (χ3n) is 3.72. The van der Waals surface area contributed by atoms with Gasteiger partial charge in [0.25, 0.3) is 11.5 Å². The standard InChI is InChI=1S/C16H19N5O4S/c1-9-5-6-11(7-10(9)2)13(23)18-17-12(22)8-26-14-15(24)20(3)16(25)21(4)19-14/h5-7H,8H2,1-4H3,(H,17,22)(H,18,23). The maximum absolute atomic E-state index is 12.0. The fourth-order valence-electron chi connectivity index (χ4n) is 2.01. The second-order valence-electron chi connectivity index (χ2n) is 5.67. The number of rotatable bonds is 4. The zero-order valence-electron chi connectivity index (χ0n) is 14.8. The Morgan fingerprint density at radius 3 is 2.46 bits per heavy atom. The Morgan fingerprint density at radius 2 is 1.81 bits per heavy atom. The van der Waals surface area contributed by atoms with Gasteiger partial charge in [-0.3, -0.25) is 29.8 Å². The van der Waals surface area contributed by atoms with Crippen LogP contribution in [0, 0.1) is 13.8 Å². The highest BCUT2D eigenvalue weighted by Crippen LogP contribution is 2.10. The van der Waals surface area contributed by atoms with Crippen LogP contribution in [0.5, 0.6) is 0 Å². The molecule has 0 atom stereocenters. The molecule has 0 unspecified atom stereocenters. The summed E-state index contributed by atoms with van der Waals surface area (Å²) in [6, 6.07) is 5.21. The van der Waals surface area contributed by atoms with Gasteiger partial charge < -0.3 is 0 Å². The normalized spacial score (nSPS) is 10.5. The maximum Gasteiger partial charge on any atom is 0.346 e. The number of aromatic nitrogens is 3. The molecular weight excluding hydrogens is 358 g/mol. The van der Waals surface area contributed by atoms with Crippen LogP contribution in [0.1, 0.15) is 21.5 Å². The number of nitrogens with zero attached hydrogens (tertiary/aromatic N) is 3. The SMILES string of the molecule is Cc1ccc(C(=O)NNC(=O)CSc2nn(C)c(=O)n(C)c2=O)cc1C. The Balaban J connectivity index is 1.93. The van der Waals surface area contributed by atoms with Gasteiger partial charge in [0.2, 0.25) is 5.91 Å². The largest absolute Gasteiger partial charge is 0.346 e. The lowest BCUT2D eigenvalue weighted by atomic mass is 10.1. The molecular formula is C16H19N5O4S. The highest BCUT2D eigenvalue weighted by Gasteiger charge is 2.13. The van der Waals surface area contributed by atoms with E-state index in [1.165, 1.54) is 14.1 Å². The molecule has 1 heterocycles. The molecule has 1 aromatic carbocycles. The number of hydrogen-bond acceptors (Lipinski definition) is 6. The summed E-state index contributed by atoms with van der Waals surface area (Å²) in [7, 11) is 2.75. The Labute approximate surface area is 153 Å². The topological polar surface area (TPSA) is 115 Å². The van der Waals surface area contributed by atoms with Gasteiger partial charge in [0.15, 0.2) is 5.03 Å². The van der Waals surface area contributed by atoms with E-state index in [4.69, 9.17) is 0 Å². The highest BCUT2D eigenvalue weighted by molar-refractivity contribution is 7.99. The minimum Gasteiger partial charge on any atom is -0.272 e. The third kappa shape index (κ3) is 4.39. The van der Waals surface area contributed by atoms with Crippen molar-refractivity contribution in [2.24, 2.45) is 14.1 Å². The van der Waals surface area contributed by atoms with Crippen LogP contribution in [0.2, 0.25) is 0 Å². The molecule has 0 bridgehead atoms. The monoisotopic (exact) mass is 377 g/mol. The first kappa shape index (κ1) is 19.4. The molecule has 1 aromatic heterocycles. The van der Waals surface area contributed by atoms with Crippen LogP contribution < -0.4 is 22.1 Å². The molecule has 0 saturated heterocycles. The van der Waals surface area contributed by atoms with Crippen LogP contribution in [0.15, 0.2) is 32.8 Å². The van der Waals surface area contributed by atoms with Crippen LogP contribution >= 0.6 is 11.8 Å². The molecule has 0 radical (unpaired) electrons. The molecule has 26 heavy (non-hydrogen) atoms. The van der Waals surface area contributed by atoms with E-state index >= 15 is 0 Å². The molecule has 2 amide bonds. The average molecular weight is 377 g/mol. The lowest BCUT2D eigenvalue weighted by Crippen LogP contribution is -2.43. The summed E-state index contributed by atoms with van der Waals surface area (Å²) in [6.45, 7) is 3.83. The number of hydrazine groups is 1. The predicted octanol–water partition coefficient (Wildman–Crippen LogP) is -0.351. The summed E-state index contributed by atoms with van der Waals surface area (Å²) >= 11 is 0.877. The lowest BCUT2D eigenvalue weighted by molar-refractivity contribution is -0.119. The van der Waals surface area contributed by atoms with Gasteiger partial charge in [-0.2, -0.15) is 5.10 Å². The summed E-state index contributed by atoms with van der Waals surface area (Å²) in [4.78, 5) is 47.4. The number of nitrogens with one attached hydrogen (secondary N) is 2. The Hall–Kier alpha value is -2.88. The number of aryl methyl sites for hydroxylation is 3. The van der Waals surface area contributed by atoms with E-state index in [2.05, 4.69) is 16.0 Å². The van der Waals surface area contributed by atoms with Crippen LogP contribution in [0.3, 0.4) is 0 Å². The van der Waals surface area contributed by atoms with Gasteiger partial charge in [0.05, 0.1) is 5.75 Å². The maximum atomic E-state index is 12.0. The van der Waals surface area contributed by atoms with E-state index in [1.807, 2.05) is 19.9 Å². The van der Waals surface area contributed by atoms with Crippen molar-refractivity contribution >= 4 is 23.6 Å². The van der Waals surface area contributed by atoms with Gasteiger partial charge in [0, 0.05) is 19.7 Å². The molecule has 138 valence electrons. The molecule has 0 aliphatic carbocycles. The van der Waals surface area contributed by atoms with Crippen molar-refractivity contribution in [2.75, 3.05) is 5.75 Å². The molecule has 0 fully saturated rings. The van der Waals surface area contributed by atoms with Gasteiger partial charge in [-0.1, -0.05) is 17.8 Å². The molecule has 0 saturated carbocycles. The first-order valence-corrected chi connectivity index (χ1v) is 8.63. The Bertz CT molecular complexity index is 980. The fraction of sp³-hybridized carbons (Fsp3) is 0.312. The van der Waals surface area contributed by atoms with Gasteiger partial charge in [-0.15, -0.1) is 0 Å². The van der Waals surface area contributed by atoms with E-state index in [0.717, 1.165) is 32.1 Å². The van der Waals surface area contributed by atoms with Gasteiger partial charge in [-0.05, 0) is 37.1 Å². The van der Waals surface area contributed by atoms with Crippen molar-refractivity contribution in [3.05, 3.63) is 55.7 Å². The smallest absolute Gasteiger partial charge is 0.272 e. The molecule has 2 N–H and O–H groups in total. The van der Waals surface area contributed by atoms with Crippen LogP contribution in [0.25, 0.3) is 0 Å². The summed E-state index contributed by atoms with van der Waals surface area (Å²) < 4.78 is 1.93. The Morgan fingerprint density at radius 1 is 1.12 bits per heavy atom. The van der Waals surface area contributed by atoms with E-state index in [-0.39, 0.29) is 10.8 Å². The Kier molecular flexibility index (Phi) is 5.98. The van der Waals surface area contributed by atoms with Crippen molar-refractivity contribution in [1.29, 1.82) is 0 Å². The number of benzene rings is 1. The van der Waals surface area contributed by atoms with Crippen molar-refractivity contribution in [3.8, 4) is 0 Å². The number of thioether (sulfide) groups is 1. The van der Waals surface area contributed by atoms with Crippen molar-refractivity contribution < 1.29 is 9.59 Å². The first-order chi connectivity index (χ1) is 12.2. The molecule has 0 spiro atoms. The zero-order chi connectivity index (χ0) is 19.4. The third-order valence-corrected chi connectivity index (χ3v) is 4.65. The van der Waals surface area contributed by atoms with Crippen LogP contribution in [0.4, 0.5) is 0 Å². The zero-order valence-corrected chi connectivity index (χ0v) is 15.6. The van der Waals surface area contributed by atoms with Gasteiger partial charge in [0.1, 0.15) is 0 Å². The molecule has 2 aromatic rings. The molecule has 0 aliphatic rings. The van der Waals surface area contributed by atoms with Gasteiger partial charge in [-0.25, -0.2) is 9.48 Å². The van der Waals surface area contributed by atoms with Gasteiger partial charge >= 0.3 is 5.69 Å². The number of amides is 2. The summed E-state index contributed by atoms with van der Waals surface area (Å²) in [5.41, 5.74) is 5.93. The molecule has 0 aliphatic heterocycles. The second-order valence-corrected chi connectivity index (χ2v) is 6.63. The van der Waals surface area contributed by atoms with Crippen LogP contribution in [-0.4, -0.2) is 31.9 Å². The predicted molar refractivity (Wildman–Crippen MR) is 97.0 cm³/mol. The van der Waals surface area contributed by atoms with E-state index in [9.17, 15) is 19.2 Å². The van der Waals surface area contributed by atoms with E-state index < -0.39 is 23.1 Å². The van der Waals surface area contributed by atoms with Crippen molar-refractivity contribution in [2.45, 2.75) is 18.9 Å². The highest BCUT2D eigenvalue weighted by atomic mass is 32.2. The first-order valence-electron chi connectivity index (χ1n) is 7.64. The summed E-state index contributed by atoms with van der Waals surface area (Å²) in [5, 5.41) is 3.85. The molecule has 9 nitrogen and oxygen atoms in total. The van der Waals surface area contributed by atoms with Crippen LogP contribution in [-0.2, 0) is 18.9 Å². The molecule has 2 rings (SSSR count). The van der Waals surface area contributed by atoms with Crippen molar-refractivity contribution in [1.82, 2.24) is 25.2 Å². The van der Waals surface area contributed by atoms with E-state index in [1.54, 1.807) is 12.1 Å². The summed E-state index contributed by atoms with van der Waals surface area (Å²) in [6.07, 6.45) is 0. The van der Waals surface area contributed by atoms with Crippen molar-refractivity contribution in [3.63, 3.8) is 0 Å². The second kappa shape index (κ2) is 8.00.